The summed E-state index contributed by atoms with van der Waals surface area (Å²) in [7, 11) is 3.05. The molecule has 1 amide bonds. The van der Waals surface area contributed by atoms with E-state index in [1.165, 1.54) is 7.11 Å². The van der Waals surface area contributed by atoms with Crippen LogP contribution in [0.25, 0.3) is 0 Å². The SMILES string of the molecule is CNC(=O)C(OC)c1c(Cl)cccc1COc1cc(C)ccc1C. The van der Waals surface area contributed by atoms with Gasteiger partial charge in [-0.05, 0) is 42.7 Å². The molecule has 4 nitrogen and oxygen atoms in total. The highest BCUT2D eigenvalue weighted by Crippen LogP contribution is 2.30. The molecule has 0 bridgehead atoms. The zero-order valence-electron chi connectivity index (χ0n) is 14.4. The molecule has 1 atom stereocenters. The Morgan fingerprint density at radius 3 is 2.67 bits per heavy atom. The third-order valence-corrected chi connectivity index (χ3v) is 4.18. The number of aryl methyl sites for hydroxylation is 2. The molecule has 0 aliphatic rings. The van der Waals surface area contributed by atoms with Crippen LogP contribution in [0.2, 0.25) is 5.02 Å². The number of methoxy groups -OCH3 is 1. The molecule has 1 unspecified atom stereocenters. The van der Waals surface area contributed by atoms with Crippen LogP contribution in [-0.4, -0.2) is 20.1 Å². The quantitative estimate of drug-likeness (QED) is 0.860. The summed E-state index contributed by atoms with van der Waals surface area (Å²) >= 11 is 6.33. The fraction of sp³-hybridized carbons (Fsp3) is 0.316. The standard InChI is InChI=1S/C19H22ClNO3/c1-12-8-9-13(2)16(10-12)24-11-14-6-5-7-15(20)17(14)18(23-4)19(22)21-3/h5-10,18H,11H2,1-4H3,(H,21,22). The van der Waals surface area contributed by atoms with Crippen LogP contribution in [0.1, 0.15) is 28.4 Å². The normalized spacial score (nSPS) is 11.9. The summed E-state index contributed by atoms with van der Waals surface area (Å²) in [5.41, 5.74) is 3.63. The fourth-order valence-corrected chi connectivity index (χ4v) is 2.80. The number of likely N-dealkylation sites (N-methyl/N-ethyl adjacent to an activating group) is 1. The van der Waals surface area contributed by atoms with E-state index in [0.29, 0.717) is 17.2 Å². The summed E-state index contributed by atoms with van der Waals surface area (Å²) in [5, 5.41) is 3.08. The van der Waals surface area contributed by atoms with Gasteiger partial charge in [0.1, 0.15) is 12.4 Å². The summed E-state index contributed by atoms with van der Waals surface area (Å²) < 4.78 is 11.3. The van der Waals surface area contributed by atoms with Crippen molar-refractivity contribution in [1.29, 1.82) is 0 Å². The first kappa shape index (κ1) is 18.3. The van der Waals surface area contributed by atoms with Crippen molar-refractivity contribution >= 4 is 17.5 Å². The van der Waals surface area contributed by atoms with Gasteiger partial charge >= 0.3 is 0 Å². The van der Waals surface area contributed by atoms with Crippen LogP contribution in [0.4, 0.5) is 0 Å². The number of hydrogen-bond acceptors (Lipinski definition) is 3. The molecule has 24 heavy (non-hydrogen) atoms. The lowest BCUT2D eigenvalue weighted by Gasteiger charge is -2.20. The number of carbonyl (C=O) groups excluding carboxylic acids is 1. The van der Waals surface area contributed by atoms with Crippen LogP contribution >= 0.6 is 11.6 Å². The van der Waals surface area contributed by atoms with Gasteiger partial charge in [0, 0.05) is 24.7 Å². The fourth-order valence-electron chi connectivity index (χ4n) is 2.51. The number of carbonyl (C=O) groups is 1. The maximum absolute atomic E-state index is 12.1. The Kier molecular flexibility index (Phi) is 6.23. The van der Waals surface area contributed by atoms with Crippen LogP contribution in [0.15, 0.2) is 36.4 Å². The number of nitrogens with one attached hydrogen (secondary N) is 1. The zero-order chi connectivity index (χ0) is 17.7. The van der Waals surface area contributed by atoms with Gasteiger partial charge in [-0.3, -0.25) is 4.79 Å². The minimum atomic E-state index is -0.777. The van der Waals surface area contributed by atoms with E-state index >= 15 is 0 Å². The maximum Gasteiger partial charge on any atom is 0.253 e. The largest absolute Gasteiger partial charge is 0.489 e. The number of halogens is 1. The molecule has 0 saturated heterocycles. The molecular formula is C19H22ClNO3. The first-order valence-corrected chi connectivity index (χ1v) is 8.07. The third kappa shape index (κ3) is 4.08. The van der Waals surface area contributed by atoms with Crippen molar-refractivity contribution in [2.24, 2.45) is 0 Å². The van der Waals surface area contributed by atoms with Crippen molar-refractivity contribution in [3.63, 3.8) is 0 Å². The Morgan fingerprint density at radius 1 is 1.25 bits per heavy atom. The minimum absolute atomic E-state index is 0.251. The average Bonchev–Trinajstić information content (AvgIpc) is 2.57. The summed E-state index contributed by atoms with van der Waals surface area (Å²) in [6, 6.07) is 11.5. The van der Waals surface area contributed by atoms with E-state index < -0.39 is 6.10 Å². The Bertz CT molecular complexity index is 731. The Balaban J connectivity index is 2.32. The number of benzene rings is 2. The molecule has 2 rings (SSSR count). The molecule has 0 aromatic heterocycles. The van der Waals surface area contributed by atoms with Gasteiger partial charge in [0.2, 0.25) is 0 Å². The highest BCUT2D eigenvalue weighted by Gasteiger charge is 2.24. The van der Waals surface area contributed by atoms with E-state index in [0.717, 1.165) is 22.4 Å². The maximum atomic E-state index is 12.1. The van der Waals surface area contributed by atoms with Gasteiger partial charge < -0.3 is 14.8 Å². The van der Waals surface area contributed by atoms with Crippen LogP contribution in [-0.2, 0) is 16.1 Å². The van der Waals surface area contributed by atoms with E-state index in [2.05, 4.69) is 5.32 Å². The number of rotatable bonds is 6. The first-order chi connectivity index (χ1) is 11.5. The van der Waals surface area contributed by atoms with Crippen molar-refractivity contribution < 1.29 is 14.3 Å². The molecule has 0 radical (unpaired) electrons. The summed E-state index contributed by atoms with van der Waals surface area (Å²) in [6.07, 6.45) is -0.777. The number of ether oxygens (including phenoxy) is 2. The number of amides is 1. The molecule has 0 saturated carbocycles. The van der Waals surface area contributed by atoms with Crippen molar-refractivity contribution in [3.8, 4) is 5.75 Å². The van der Waals surface area contributed by atoms with Gasteiger partial charge in [-0.2, -0.15) is 0 Å². The van der Waals surface area contributed by atoms with Crippen LogP contribution in [0, 0.1) is 13.8 Å². The van der Waals surface area contributed by atoms with E-state index in [-0.39, 0.29) is 5.91 Å². The van der Waals surface area contributed by atoms with E-state index in [1.807, 2.05) is 44.2 Å². The lowest BCUT2D eigenvalue weighted by atomic mass is 10.0. The predicted molar refractivity (Wildman–Crippen MR) is 95.5 cm³/mol. The van der Waals surface area contributed by atoms with Crippen LogP contribution in [0.5, 0.6) is 5.75 Å². The Hall–Kier alpha value is -2.04. The second kappa shape index (κ2) is 8.18. The zero-order valence-corrected chi connectivity index (χ0v) is 15.1. The predicted octanol–water partition coefficient (Wildman–Crippen LogP) is 3.97. The first-order valence-electron chi connectivity index (χ1n) is 7.69. The Morgan fingerprint density at radius 2 is 2.00 bits per heavy atom. The monoisotopic (exact) mass is 347 g/mol. The van der Waals surface area contributed by atoms with Crippen molar-refractivity contribution in [2.75, 3.05) is 14.2 Å². The second-order valence-electron chi connectivity index (χ2n) is 5.60. The van der Waals surface area contributed by atoms with Gasteiger partial charge in [-0.25, -0.2) is 0 Å². The van der Waals surface area contributed by atoms with Gasteiger partial charge in [-0.1, -0.05) is 35.9 Å². The molecule has 0 heterocycles. The van der Waals surface area contributed by atoms with Gasteiger partial charge in [0.15, 0.2) is 6.10 Å². The molecular weight excluding hydrogens is 326 g/mol. The molecule has 0 spiro atoms. The van der Waals surface area contributed by atoms with Crippen molar-refractivity contribution in [2.45, 2.75) is 26.6 Å². The summed E-state index contributed by atoms with van der Waals surface area (Å²) in [4.78, 5) is 12.1. The molecule has 2 aromatic rings. The van der Waals surface area contributed by atoms with Crippen LogP contribution < -0.4 is 10.1 Å². The lowest BCUT2D eigenvalue weighted by molar-refractivity contribution is -0.130. The Labute approximate surface area is 147 Å². The van der Waals surface area contributed by atoms with Gasteiger partial charge in [0.05, 0.1) is 0 Å². The molecule has 1 N–H and O–H groups in total. The number of hydrogen-bond donors (Lipinski definition) is 1. The summed E-state index contributed by atoms with van der Waals surface area (Å²) in [6.45, 7) is 4.32. The lowest BCUT2D eigenvalue weighted by Crippen LogP contribution is -2.28. The van der Waals surface area contributed by atoms with Gasteiger partial charge in [-0.15, -0.1) is 0 Å². The van der Waals surface area contributed by atoms with Crippen molar-refractivity contribution in [3.05, 3.63) is 63.7 Å². The molecule has 5 heteroatoms. The highest BCUT2D eigenvalue weighted by molar-refractivity contribution is 6.31. The van der Waals surface area contributed by atoms with E-state index in [1.54, 1.807) is 13.1 Å². The second-order valence-corrected chi connectivity index (χ2v) is 6.01. The van der Waals surface area contributed by atoms with Gasteiger partial charge in [0.25, 0.3) is 5.91 Å². The molecule has 128 valence electrons. The molecule has 0 fully saturated rings. The molecule has 0 aliphatic heterocycles. The molecule has 0 aliphatic carbocycles. The molecule has 2 aromatic carbocycles. The minimum Gasteiger partial charge on any atom is -0.489 e. The van der Waals surface area contributed by atoms with Crippen molar-refractivity contribution in [1.82, 2.24) is 5.32 Å². The smallest absolute Gasteiger partial charge is 0.253 e. The average molecular weight is 348 g/mol. The third-order valence-electron chi connectivity index (χ3n) is 3.85. The van der Waals surface area contributed by atoms with E-state index in [4.69, 9.17) is 21.1 Å². The van der Waals surface area contributed by atoms with Crippen LogP contribution in [0.3, 0.4) is 0 Å². The highest BCUT2D eigenvalue weighted by atomic mass is 35.5. The summed E-state index contributed by atoms with van der Waals surface area (Å²) in [5.74, 6) is 0.563. The topological polar surface area (TPSA) is 47.6 Å². The van der Waals surface area contributed by atoms with E-state index in [9.17, 15) is 4.79 Å².